The number of hydrogen-bond donors (Lipinski definition) is 1. The number of carboxylic acid groups (broad SMARTS) is 1. The predicted molar refractivity (Wildman–Crippen MR) is 64.9 cm³/mol. The molecule has 1 aromatic rings. The van der Waals surface area contributed by atoms with Gasteiger partial charge in [-0.15, -0.1) is 0 Å². The van der Waals surface area contributed by atoms with E-state index in [1.54, 1.807) is 6.20 Å². The number of anilines is 1. The summed E-state index contributed by atoms with van der Waals surface area (Å²) in [6.07, 6.45) is 2.45. The molecule has 2 heterocycles. The Bertz CT molecular complexity index is 383. The van der Waals surface area contributed by atoms with E-state index >= 15 is 0 Å². The summed E-state index contributed by atoms with van der Waals surface area (Å²) in [6, 6.07) is 3.87. The van der Waals surface area contributed by atoms with Gasteiger partial charge in [0.15, 0.2) is 0 Å². The van der Waals surface area contributed by atoms with Gasteiger partial charge in [0, 0.05) is 19.3 Å². The van der Waals surface area contributed by atoms with Crippen LogP contribution in [0.3, 0.4) is 0 Å². The quantitative estimate of drug-likeness (QED) is 0.842. The van der Waals surface area contributed by atoms with E-state index in [1.165, 1.54) is 0 Å². The zero-order valence-electron chi connectivity index (χ0n) is 8.06. The SMILES string of the molecule is O=C(O)C1CCN(c2ncccc2I)C1. The summed E-state index contributed by atoms with van der Waals surface area (Å²) >= 11 is 2.22. The molecule has 1 fully saturated rings. The molecule has 1 aromatic heterocycles. The maximum absolute atomic E-state index is 10.8. The van der Waals surface area contributed by atoms with Gasteiger partial charge in [-0.2, -0.15) is 0 Å². The van der Waals surface area contributed by atoms with Gasteiger partial charge in [0.2, 0.25) is 0 Å². The lowest BCUT2D eigenvalue weighted by Gasteiger charge is -2.17. The highest BCUT2D eigenvalue weighted by atomic mass is 127. The van der Waals surface area contributed by atoms with Crippen LogP contribution >= 0.6 is 22.6 Å². The smallest absolute Gasteiger partial charge is 0.308 e. The zero-order chi connectivity index (χ0) is 10.8. The third kappa shape index (κ3) is 2.22. The Kier molecular flexibility index (Phi) is 3.08. The Morgan fingerprint density at radius 3 is 3.07 bits per heavy atom. The van der Waals surface area contributed by atoms with E-state index in [1.807, 2.05) is 17.0 Å². The van der Waals surface area contributed by atoms with Gasteiger partial charge in [0.1, 0.15) is 5.82 Å². The molecule has 1 aliphatic rings. The molecule has 4 nitrogen and oxygen atoms in total. The van der Waals surface area contributed by atoms with Crippen LogP contribution in [-0.4, -0.2) is 29.1 Å². The van der Waals surface area contributed by atoms with E-state index in [0.717, 1.165) is 15.9 Å². The molecule has 0 bridgehead atoms. The van der Waals surface area contributed by atoms with Crippen molar-refractivity contribution in [1.29, 1.82) is 0 Å². The van der Waals surface area contributed by atoms with Gasteiger partial charge in [0.25, 0.3) is 0 Å². The second-order valence-corrected chi connectivity index (χ2v) is 4.74. The summed E-state index contributed by atoms with van der Waals surface area (Å²) in [6.45, 7) is 1.35. The monoisotopic (exact) mass is 318 g/mol. The summed E-state index contributed by atoms with van der Waals surface area (Å²) in [4.78, 5) is 17.1. The number of nitrogens with zero attached hydrogens (tertiary/aromatic N) is 2. The number of hydrogen-bond acceptors (Lipinski definition) is 3. The maximum Gasteiger partial charge on any atom is 0.308 e. The second-order valence-electron chi connectivity index (χ2n) is 3.58. The number of aliphatic carboxylic acids is 1. The van der Waals surface area contributed by atoms with Crippen molar-refractivity contribution in [3.8, 4) is 0 Å². The van der Waals surface area contributed by atoms with Crippen LogP contribution < -0.4 is 4.90 Å². The number of pyridine rings is 1. The Balaban J connectivity index is 2.14. The topological polar surface area (TPSA) is 53.4 Å². The minimum Gasteiger partial charge on any atom is -0.481 e. The molecule has 0 spiro atoms. The molecule has 0 aliphatic carbocycles. The van der Waals surface area contributed by atoms with Crippen LogP contribution in [0.5, 0.6) is 0 Å². The first-order chi connectivity index (χ1) is 7.18. The molecular weight excluding hydrogens is 307 g/mol. The highest BCUT2D eigenvalue weighted by Gasteiger charge is 2.29. The van der Waals surface area contributed by atoms with Crippen molar-refractivity contribution in [2.24, 2.45) is 5.92 Å². The Hall–Kier alpha value is -0.850. The lowest BCUT2D eigenvalue weighted by molar-refractivity contribution is -0.140. The number of halogens is 1. The highest BCUT2D eigenvalue weighted by Crippen LogP contribution is 2.25. The number of aromatic nitrogens is 1. The molecule has 80 valence electrons. The molecule has 1 aliphatic heterocycles. The van der Waals surface area contributed by atoms with Crippen LogP contribution in [0.25, 0.3) is 0 Å². The first kappa shape index (κ1) is 10.7. The fourth-order valence-corrected chi connectivity index (χ4v) is 2.45. The van der Waals surface area contributed by atoms with Gasteiger partial charge in [-0.1, -0.05) is 0 Å². The van der Waals surface area contributed by atoms with Crippen molar-refractivity contribution < 1.29 is 9.90 Å². The molecule has 1 unspecified atom stereocenters. The fourth-order valence-electron chi connectivity index (χ4n) is 1.76. The standard InChI is InChI=1S/C10H11IN2O2/c11-8-2-1-4-12-9(8)13-5-3-7(6-13)10(14)15/h1-2,4,7H,3,5-6H2,(H,14,15). The van der Waals surface area contributed by atoms with Crippen molar-refractivity contribution in [3.05, 3.63) is 21.9 Å². The molecule has 2 rings (SSSR count). The first-order valence-corrected chi connectivity index (χ1v) is 5.84. The normalized spacial score (nSPS) is 20.6. The number of rotatable bonds is 2. The van der Waals surface area contributed by atoms with Crippen LogP contribution in [0.1, 0.15) is 6.42 Å². The third-order valence-electron chi connectivity index (χ3n) is 2.58. The zero-order valence-corrected chi connectivity index (χ0v) is 10.2. The van der Waals surface area contributed by atoms with Crippen molar-refractivity contribution in [1.82, 2.24) is 4.98 Å². The van der Waals surface area contributed by atoms with Gasteiger partial charge in [0.05, 0.1) is 9.49 Å². The van der Waals surface area contributed by atoms with Crippen molar-refractivity contribution in [2.45, 2.75) is 6.42 Å². The molecule has 15 heavy (non-hydrogen) atoms. The van der Waals surface area contributed by atoms with E-state index in [-0.39, 0.29) is 5.92 Å². The summed E-state index contributed by atoms with van der Waals surface area (Å²) in [5.41, 5.74) is 0. The van der Waals surface area contributed by atoms with Gasteiger partial charge in [-0.3, -0.25) is 4.79 Å². The van der Waals surface area contributed by atoms with Crippen LogP contribution in [0.2, 0.25) is 0 Å². The third-order valence-corrected chi connectivity index (χ3v) is 3.42. The summed E-state index contributed by atoms with van der Waals surface area (Å²) in [5, 5.41) is 8.90. The molecule has 1 N–H and O–H groups in total. The molecule has 0 aromatic carbocycles. The van der Waals surface area contributed by atoms with Crippen LogP contribution in [0.15, 0.2) is 18.3 Å². The van der Waals surface area contributed by atoms with E-state index in [0.29, 0.717) is 13.0 Å². The van der Waals surface area contributed by atoms with E-state index < -0.39 is 5.97 Å². The average Bonchev–Trinajstić information content (AvgIpc) is 2.67. The summed E-state index contributed by atoms with van der Waals surface area (Å²) in [7, 11) is 0. The summed E-state index contributed by atoms with van der Waals surface area (Å²) in [5.74, 6) is -0.0481. The van der Waals surface area contributed by atoms with Crippen molar-refractivity contribution >= 4 is 34.4 Å². The van der Waals surface area contributed by atoms with E-state index in [9.17, 15) is 4.79 Å². The number of carbonyl (C=O) groups is 1. The highest BCUT2D eigenvalue weighted by molar-refractivity contribution is 14.1. The minimum absolute atomic E-state index is 0.247. The van der Waals surface area contributed by atoms with Gasteiger partial charge >= 0.3 is 5.97 Å². The van der Waals surface area contributed by atoms with Crippen LogP contribution in [0.4, 0.5) is 5.82 Å². The lowest BCUT2D eigenvalue weighted by Crippen LogP contribution is -2.24. The molecule has 5 heteroatoms. The van der Waals surface area contributed by atoms with Crippen molar-refractivity contribution in [2.75, 3.05) is 18.0 Å². The van der Waals surface area contributed by atoms with Crippen LogP contribution in [0, 0.1) is 9.49 Å². The second kappa shape index (κ2) is 4.34. The Labute approximate surface area is 101 Å². The fraction of sp³-hybridized carbons (Fsp3) is 0.400. The molecule has 0 amide bonds. The van der Waals surface area contributed by atoms with Gasteiger partial charge in [-0.05, 0) is 41.1 Å². The lowest BCUT2D eigenvalue weighted by atomic mass is 10.1. The van der Waals surface area contributed by atoms with Crippen LogP contribution in [-0.2, 0) is 4.79 Å². The van der Waals surface area contributed by atoms with Gasteiger partial charge in [-0.25, -0.2) is 4.98 Å². The number of carboxylic acids is 1. The maximum atomic E-state index is 10.8. The Morgan fingerprint density at radius 1 is 1.67 bits per heavy atom. The molecule has 0 saturated carbocycles. The Morgan fingerprint density at radius 2 is 2.47 bits per heavy atom. The molecule has 0 radical (unpaired) electrons. The molecule has 1 saturated heterocycles. The molecular formula is C10H11IN2O2. The van der Waals surface area contributed by atoms with E-state index in [2.05, 4.69) is 27.6 Å². The van der Waals surface area contributed by atoms with Crippen molar-refractivity contribution in [3.63, 3.8) is 0 Å². The molecule has 1 atom stereocenters. The first-order valence-electron chi connectivity index (χ1n) is 4.77. The minimum atomic E-state index is -0.705. The largest absolute Gasteiger partial charge is 0.481 e. The summed E-state index contributed by atoms with van der Waals surface area (Å²) < 4.78 is 1.07. The van der Waals surface area contributed by atoms with E-state index in [4.69, 9.17) is 5.11 Å². The van der Waals surface area contributed by atoms with Gasteiger partial charge < -0.3 is 10.0 Å². The average molecular weight is 318 g/mol. The predicted octanol–water partition coefficient (Wildman–Crippen LogP) is 1.60.